The Kier molecular flexibility index (Phi) is 6.35. The summed E-state index contributed by atoms with van der Waals surface area (Å²) in [5.41, 5.74) is -0.441. The molecule has 31 heavy (non-hydrogen) atoms. The van der Waals surface area contributed by atoms with Crippen LogP contribution in [0.1, 0.15) is 34.1 Å². The third kappa shape index (κ3) is 5.24. The number of anilines is 2. The van der Waals surface area contributed by atoms with Crippen molar-refractivity contribution >= 4 is 34.8 Å². The van der Waals surface area contributed by atoms with E-state index in [0.717, 1.165) is 17.7 Å². The highest BCUT2D eigenvalue weighted by molar-refractivity contribution is 6.33. The number of alkyl halides is 3. The van der Waals surface area contributed by atoms with Gasteiger partial charge in [0.2, 0.25) is 5.91 Å². The molecule has 1 heterocycles. The quantitative estimate of drug-likeness (QED) is 0.566. The largest absolute Gasteiger partial charge is 0.418 e. The van der Waals surface area contributed by atoms with Gasteiger partial charge in [-0.05, 0) is 30.7 Å². The van der Waals surface area contributed by atoms with Crippen LogP contribution < -0.4 is 10.6 Å². The first kappa shape index (κ1) is 22.4. The summed E-state index contributed by atoms with van der Waals surface area (Å²) in [7, 11) is 0. The molecule has 10 heteroatoms. The standard InChI is InChI=1S/C21H18ClF3N4O2/c1-12-18(19(22)29(28-12)11-14-6-4-3-5-7-14)20(31)27-17-9-8-15(26-13(2)30)10-16(17)21(23,24)25/h3-10H,11H2,1-2H3,(H,26,30)(H,27,31). The maximum absolute atomic E-state index is 13.5. The Labute approximate surface area is 181 Å². The van der Waals surface area contributed by atoms with E-state index in [1.807, 2.05) is 30.3 Å². The summed E-state index contributed by atoms with van der Waals surface area (Å²) < 4.78 is 42.0. The smallest absolute Gasteiger partial charge is 0.326 e. The number of aryl methyl sites for hydroxylation is 1. The average Bonchev–Trinajstić information content (AvgIpc) is 2.95. The lowest BCUT2D eigenvalue weighted by Crippen LogP contribution is -2.18. The number of rotatable bonds is 5. The normalized spacial score (nSPS) is 11.3. The van der Waals surface area contributed by atoms with Gasteiger partial charge in [-0.1, -0.05) is 41.9 Å². The molecule has 0 radical (unpaired) electrons. The number of nitrogens with one attached hydrogen (secondary N) is 2. The van der Waals surface area contributed by atoms with Crippen molar-refractivity contribution in [2.75, 3.05) is 10.6 Å². The SMILES string of the molecule is CC(=O)Nc1ccc(NC(=O)c2c(C)nn(Cc3ccccc3)c2Cl)c(C(F)(F)F)c1. The zero-order chi connectivity index (χ0) is 22.8. The van der Waals surface area contributed by atoms with Gasteiger partial charge in [0.25, 0.3) is 5.91 Å². The Hall–Kier alpha value is -3.33. The number of nitrogens with zero attached hydrogens (tertiary/aromatic N) is 2. The minimum absolute atomic E-state index is 0.0160. The van der Waals surface area contributed by atoms with Crippen molar-refractivity contribution in [2.45, 2.75) is 26.6 Å². The first-order valence-electron chi connectivity index (χ1n) is 9.13. The van der Waals surface area contributed by atoms with E-state index in [-0.39, 0.29) is 22.1 Å². The first-order chi connectivity index (χ1) is 14.6. The zero-order valence-corrected chi connectivity index (χ0v) is 17.3. The van der Waals surface area contributed by atoms with Crippen LogP contribution in [0.5, 0.6) is 0 Å². The summed E-state index contributed by atoms with van der Waals surface area (Å²) in [6.45, 7) is 3.03. The molecule has 0 atom stereocenters. The molecule has 0 aliphatic carbocycles. The minimum atomic E-state index is -4.76. The van der Waals surface area contributed by atoms with Crippen LogP contribution in [0.3, 0.4) is 0 Å². The Morgan fingerprint density at radius 2 is 1.77 bits per heavy atom. The van der Waals surface area contributed by atoms with Crippen molar-refractivity contribution in [1.82, 2.24) is 9.78 Å². The number of halogens is 4. The summed E-state index contributed by atoms with van der Waals surface area (Å²) >= 11 is 6.32. The number of amides is 2. The van der Waals surface area contributed by atoms with Crippen molar-refractivity contribution in [3.63, 3.8) is 0 Å². The van der Waals surface area contributed by atoms with Gasteiger partial charge in [0, 0.05) is 12.6 Å². The fraction of sp³-hybridized carbons (Fsp3) is 0.190. The monoisotopic (exact) mass is 450 g/mol. The molecule has 3 aromatic rings. The molecule has 6 nitrogen and oxygen atoms in total. The van der Waals surface area contributed by atoms with Gasteiger partial charge in [0.05, 0.1) is 29.1 Å². The molecule has 0 unspecified atom stereocenters. The molecule has 162 valence electrons. The van der Waals surface area contributed by atoms with Crippen molar-refractivity contribution in [3.05, 3.63) is 76.1 Å². The van der Waals surface area contributed by atoms with Crippen LogP contribution in [0, 0.1) is 6.92 Å². The van der Waals surface area contributed by atoms with Gasteiger partial charge in [0.1, 0.15) is 5.15 Å². The van der Waals surface area contributed by atoms with E-state index in [9.17, 15) is 22.8 Å². The summed E-state index contributed by atoms with van der Waals surface area (Å²) in [6, 6.07) is 12.4. The molecule has 1 aromatic heterocycles. The third-order valence-corrected chi connectivity index (χ3v) is 4.75. The van der Waals surface area contributed by atoms with E-state index >= 15 is 0 Å². The van der Waals surface area contributed by atoms with Crippen molar-refractivity contribution in [1.29, 1.82) is 0 Å². The number of carbonyl (C=O) groups is 2. The number of aromatic nitrogens is 2. The summed E-state index contributed by atoms with van der Waals surface area (Å²) in [5.74, 6) is -1.34. The highest BCUT2D eigenvalue weighted by Crippen LogP contribution is 2.37. The van der Waals surface area contributed by atoms with E-state index in [4.69, 9.17) is 11.6 Å². The molecule has 0 spiro atoms. The Balaban J connectivity index is 1.90. The fourth-order valence-corrected chi connectivity index (χ4v) is 3.35. The molecule has 0 bridgehead atoms. The summed E-state index contributed by atoms with van der Waals surface area (Å²) in [6.07, 6.45) is -4.76. The van der Waals surface area contributed by atoms with Crippen LogP contribution >= 0.6 is 11.6 Å². The molecule has 2 amide bonds. The lowest BCUT2D eigenvalue weighted by atomic mass is 10.1. The van der Waals surface area contributed by atoms with Crippen molar-refractivity contribution in [2.24, 2.45) is 0 Å². The molecular formula is C21H18ClF3N4O2. The van der Waals surface area contributed by atoms with Crippen molar-refractivity contribution < 1.29 is 22.8 Å². The molecule has 3 rings (SSSR count). The molecule has 0 aliphatic rings. The van der Waals surface area contributed by atoms with E-state index in [1.165, 1.54) is 17.7 Å². The average molecular weight is 451 g/mol. The predicted octanol–water partition coefficient (Wildman–Crippen LogP) is 5.12. The highest BCUT2D eigenvalue weighted by Gasteiger charge is 2.35. The van der Waals surface area contributed by atoms with Gasteiger partial charge in [-0.2, -0.15) is 18.3 Å². The van der Waals surface area contributed by atoms with Crippen LogP contribution in [-0.2, 0) is 17.5 Å². The Morgan fingerprint density at radius 1 is 1.10 bits per heavy atom. The van der Waals surface area contributed by atoms with E-state index in [1.54, 1.807) is 6.92 Å². The van der Waals surface area contributed by atoms with Crippen LogP contribution in [0.2, 0.25) is 5.15 Å². The minimum Gasteiger partial charge on any atom is -0.326 e. The van der Waals surface area contributed by atoms with Crippen LogP contribution in [0.25, 0.3) is 0 Å². The van der Waals surface area contributed by atoms with E-state index in [2.05, 4.69) is 15.7 Å². The predicted molar refractivity (Wildman–Crippen MR) is 111 cm³/mol. The van der Waals surface area contributed by atoms with Gasteiger partial charge >= 0.3 is 6.18 Å². The Bertz CT molecular complexity index is 1130. The van der Waals surface area contributed by atoms with Crippen molar-refractivity contribution in [3.8, 4) is 0 Å². The zero-order valence-electron chi connectivity index (χ0n) is 16.5. The Morgan fingerprint density at radius 3 is 2.39 bits per heavy atom. The topological polar surface area (TPSA) is 76.0 Å². The summed E-state index contributed by atoms with van der Waals surface area (Å²) in [4.78, 5) is 23.9. The first-order valence-corrected chi connectivity index (χ1v) is 9.51. The second kappa shape index (κ2) is 8.81. The van der Waals surface area contributed by atoms with Gasteiger partial charge in [-0.3, -0.25) is 9.59 Å². The molecule has 2 aromatic carbocycles. The number of hydrogen-bond donors (Lipinski definition) is 2. The van der Waals surface area contributed by atoms with Gasteiger partial charge in [0.15, 0.2) is 0 Å². The molecule has 0 aliphatic heterocycles. The number of benzene rings is 2. The maximum Gasteiger partial charge on any atom is 0.418 e. The van der Waals surface area contributed by atoms with Crippen LogP contribution in [-0.4, -0.2) is 21.6 Å². The maximum atomic E-state index is 13.5. The highest BCUT2D eigenvalue weighted by atomic mass is 35.5. The second-order valence-electron chi connectivity index (χ2n) is 6.79. The lowest BCUT2D eigenvalue weighted by Gasteiger charge is -2.15. The molecule has 2 N–H and O–H groups in total. The fourth-order valence-electron chi connectivity index (χ4n) is 3.03. The third-order valence-electron chi connectivity index (χ3n) is 4.36. The molecule has 0 saturated carbocycles. The van der Waals surface area contributed by atoms with E-state index < -0.39 is 29.2 Å². The van der Waals surface area contributed by atoms with Gasteiger partial charge in [-0.25, -0.2) is 4.68 Å². The number of carbonyl (C=O) groups excluding carboxylic acids is 2. The second-order valence-corrected chi connectivity index (χ2v) is 7.15. The van der Waals surface area contributed by atoms with E-state index in [0.29, 0.717) is 6.54 Å². The van der Waals surface area contributed by atoms with Crippen LogP contribution in [0.15, 0.2) is 48.5 Å². The van der Waals surface area contributed by atoms with Gasteiger partial charge < -0.3 is 10.6 Å². The summed E-state index contributed by atoms with van der Waals surface area (Å²) in [5, 5.41) is 8.81. The molecular weight excluding hydrogens is 433 g/mol. The van der Waals surface area contributed by atoms with Crippen LogP contribution in [0.4, 0.5) is 24.5 Å². The van der Waals surface area contributed by atoms with Gasteiger partial charge in [-0.15, -0.1) is 0 Å². The number of hydrogen-bond acceptors (Lipinski definition) is 3. The molecule has 0 fully saturated rings. The molecule has 0 saturated heterocycles. The lowest BCUT2D eigenvalue weighted by molar-refractivity contribution is -0.137.